The fraction of sp³-hybridized carbons (Fsp3) is 0.286. The minimum atomic E-state index is -3.50. The second-order valence-electron chi connectivity index (χ2n) is 4.74. The van der Waals surface area contributed by atoms with E-state index >= 15 is 0 Å². The van der Waals surface area contributed by atoms with E-state index in [-0.39, 0.29) is 11.8 Å². The van der Waals surface area contributed by atoms with Crippen molar-refractivity contribution in [1.82, 2.24) is 4.72 Å². The molecule has 108 valence electrons. The number of hydrogen-bond acceptors (Lipinski definition) is 3. The van der Waals surface area contributed by atoms with Crippen molar-refractivity contribution in [2.75, 3.05) is 0 Å². The maximum Gasteiger partial charge on any atom is 0.216 e. The zero-order valence-electron chi connectivity index (χ0n) is 11.0. The van der Waals surface area contributed by atoms with Crippen LogP contribution in [0.4, 0.5) is 4.39 Å². The first-order valence-corrected chi connectivity index (χ1v) is 7.85. The van der Waals surface area contributed by atoms with Crippen molar-refractivity contribution in [3.05, 3.63) is 59.8 Å². The van der Waals surface area contributed by atoms with Crippen LogP contribution >= 0.6 is 0 Å². The van der Waals surface area contributed by atoms with Gasteiger partial charge in [0.15, 0.2) is 0 Å². The highest BCUT2D eigenvalue weighted by molar-refractivity contribution is 7.88. The summed E-state index contributed by atoms with van der Waals surface area (Å²) in [5.41, 5.74) is 1.35. The molecular formula is C14H16FNO3S. The molecule has 0 aliphatic rings. The Kier molecular flexibility index (Phi) is 4.57. The van der Waals surface area contributed by atoms with E-state index < -0.39 is 15.8 Å². The molecule has 1 aromatic carbocycles. The van der Waals surface area contributed by atoms with Crippen LogP contribution in [0, 0.1) is 5.82 Å². The Labute approximate surface area is 117 Å². The van der Waals surface area contributed by atoms with Gasteiger partial charge in [-0.2, -0.15) is 0 Å². The van der Waals surface area contributed by atoms with Crippen molar-refractivity contribution < 1.29 is 17.2 Å². The molecule has 1 N–H and O–H groups in total. The SMILES string of the molecule is C[C@@H](Cc1ccoc1)NS(=O)(=O)Cc1cccc(F)c1. The Balaban J connectivity index is 1.96. The van der Waals surface area contributed by atoms with Gasteiger partial charge in [0, 0.05) is 6.04 Å². The minimum Gasteiger partial charge on any atom is -0.472 e. The molecule has 0 amide bonds. The Hall–Kier alpha value is -1.66. The number of hydrogen-bond donors (Lipinski definition) is 1. The lowest BCUT2D eigenvalue weighted by molar-refractivity contribution is 0.548. The summed E-state index contributed by atoms with van der Waals surface area (Å²) in [6, 6.07) is 7.12. The van der Waals surface area contributed by atoms with E-state index in [1.807, 2.05) is 0 Å². The predicted octanol–water partition coefficient (Wildman–Crippen LogP) is 2.47. The Morgan fingerprint density at radius 2 is 2.10 bits per heavy atom. The van der Waals surface area contributed by atoms with Crippen LogP contribution in [-0.4, -0.2) is 14.5 Å². The van der Waals surface area contributed by atoms with Gasteiger partial charge in [-0.1, -0.05) is 12.1 Å². The average molecular weight is 297 g/mol. The van der Waals surface area contributed by atoms with Crippen molar-refractivity contribution in [2.45, 2.75) is 25.1 Å². The molecule has 2 aromatic rings. The highest BCUT2D eigenvalue weighted by Gasteiger charge is 2.16. The highest BCUT2D eigenvalue weighted by atomic mass is 32.2. The predicted molar refractivity (Wildman–Crippen MR) is 74.0 cm³/mol. The second kappa shape index (κ2) is 6.19. The van der Waals surface area contributed by atoms with Crippen LogP contribution in [0.15, 0.2) is 47.3 Å². The van der Waals surface area contributed by atoms with Gasteiger partial charge in [0.05, 0.1) is 18.3 Å². The van der Waals surface area contributed by atoms with Gasteiger partial charge >= 0.3 is 0 Å². The summed E-state index contributed by atoms with van der Waals surface area (Å²) in [5, 5.41) is 0. The van der Waals surface area contributed by atoms with Gasteiger partial charge in [0.25, 0.3) is 0 Å². The quantitative estimate of drug-likeness (QED) is 0.891. The molecular weight excluding hydrogens is 281 g/mol. The number of halogens is 1. The number of nitrogens with one attached hydrogen (secondary N) is 1. The lowest BCUT2D eigenvalue weighted by Gasteiger charge is -2.13. The van der Waals surface area contributed by atoms with Crippen LogP contribution in [0.1, 0.15) is 18.1 Å². The van der Waals surface area contributed by atoms with Crippen molar-refractivity contribution in [1.29, 1.82) is 0 Å². The third-order valence-corrected chi connectivity index (χ3v) is 4.22. The van der Waals surface area contributed by atoms with Gasteiger partial charge in [-0.15, -0.1) is 0 Å². The molecule has 6 heteroatoms. The maximum atomic E-state index is 13.0. The largest absolute Gasteiger partial charge is 0.472 e. The van der Waals surface area contributed by atoms with E-state index in [4.69, 9.17) is 4.42 Å². The second-order valence-corrected chi connectivity index (χ2v) is 6.50. The molecule has 0 unspecified atom stereocenters. The number of benzene rings is 1. The van der Waals surface area contributed by atoms with E-state index in [0.29, 0.717) is 12.0 Å². The molecule has 0 aliphatic heterocycles. The van der Waals surface area contributed by atoms with Gasteiger partial charge in [-0.3, -0.25) is 0 Å². The van der Waals surface area contributed by atoms with Crippen molar-refractivity contribution in [2.24, 2.45) is 0 Å². The Morgan fingerprint density at radius 3 is 2.75 bits per heavy atom. The summed E-state index contributed by atoms with van der Waals surface area (Å²) < 4.78 is 44.5. The van der Waals surface area contributed by atoms with Crippen molar-refractivity contribution in [3.8, 4) is 0 Å². The maximum absolute atomic E-state index is 13.0. The van der Waals surface area contributed by atoms with Crippen LogP contribution in [0.2, 0.25) is 0 Å². The highest BCUT2D eigenvalue weighted by Crippen LogP contribution is 2.09. The average Bonchev–Trinajstić information content (AvgIpc) is 2.79. The number of sulfonamides is 1. The molecule has 0 saturated heterocycles. The third-order valence-electron chi connectivity index (χ3n) is 2.75. The molecule has 1 aromatic heterocycles. The summed E-state index contributed by atoms with van der Waals surface area (Å²) in [6.07, 6.45) is 3.67. The standard InChI is InChI=1S/C14H16FNO3S/c1-11(7-12-5-6-19-9-12)16-20(17,18)10-13-3-2-4-14(15)8-13/h2-6,8-9,11,16H,7,10H2,1H3/t11-/m0/s1. The van der Waals surface area contributed by atoms with Crippen LogP contribution in [0.5, 0.6) is 0 Å². The molecule has 20 heavy (non-hydrogen) atoms. The number of rotatable bonds is 6. The van der Waals surface area contributed by atoms with E-state index in [9.17, 15) is 12.8 Å². The smallest absolute Gasteiger partial charge is 0.216 e. The number of furan rings is 1. The summed E-state index contributed by atoms with van der Waals surface area (Å²) in [6.45, 7) is 1.77. The zero-order chi connectivity index (χ0) is 14.6. The molecule has 0 bridgehead atoms. The fourth-order valence-corrected chi connectivity index (χ4v) is 3.40. The summed E-state index contributed by atoms with van der Waals surface area (Å²) in [4.78, 5) is 0. The first-order chi connectivity index (χ1) is 9.44. The first-order valence-electron chi connectivity index (χ1n) is 6.20. The first kappa shape index (κ1) is 14.7. The molecule has 1 heterocycles. The van der Waals surface area contributed by atoms with Crippen LogP contribution in [0.3, 0.4) is 0 Å². The van der Waals surface area contributed by atoms with Gasteiger partial charge in [-0.25, -0.2) is 17.5 Å². The van der Waals surface area contributed by atoms with Gasteiger partial charge in [-0.05, 0) is 42.7 Å². The fourth-order valence-electron chi connectivity index (χ4n) is 2.00. The molecule has 0 radical (unpaired) electrons. The van der Waals surface area contributed by atoms with Crippen molar-refractivity contribution >= 4 is 10.0 Å². The molecule has 0 saturated carbocycles. The lowest BCUT2D eigenvalue weighted by Crippen LogP contribution is -2.34. The summed E-state index contributed by atoms with van der Waals surface area (Å²) in [5.74, 6) is -0.676. The molecule has 2 rings (SSSR count). The topological polar surface area (TPSA) is 59.3 Å². The normalized spacial score (nSPS) is 13.3. The Morgan fingerprint density at radius 1 is 1.30 bits per heavy atom. The third kappa shape index (κ3) is 4.47. The van der Waals surface area contributed by atoms with E-state index in [0.717, 1.165) is 5.56 Å². The van der Waals surface area contributed by atoms with E-state index in [2.05, 4.69) is 4.72 Å². The monoisotopic (exact) mass is 297 g/mol. The molecule has 1 atom stereocenters. The molecule has 0 aliphatic carbocycles. The van der Waals surface area contributed by atoms with Gasteiger partial charge < -0.3 is 4.42 Å². The van der Waals surface area contributed by atoms with Crippen molar-refractivity contribution in [3.63, 3.8) is 0 Å². The van der Waals surface area contributed by atoms with Crippen LogP contribution < -0.4 is 4.72 Å². The van der Waals surface area contributed by atoms with Gasteiger partial charge in [0.2, 0.25) is 10.0 Å². The summed E-state index contributed by atoms with van der Waals surface area (Å²) in [7, 11) is -3.50. The van der Waals surface area contributed by atoms with E-state index in [1.165, 1.54) is 18.2 Å². The van der Waals surface area contributed by atoms with Gasteiger partial charge in [0.1, 0.15) is 5.82 Å². The molecule has 0 spiro atoms. The summed E-state index contributed by atoms with van der Waals surface area (Å²) >= 11 is 0. The Bertz CT molecular complexity index is 653. The lowest BCUT2D eigenvalue weighted by atomic mass is 10.1. The zero-order valence-corrected chi connectivity index (χ0v) is 11.9. The van der Waals surface area contributed by atoms with Crippen LogP contribution in [-0.2, 0) is 22.2 Å². The molecule has 4 nitrogen and oxygen atoms in total. The molecule has 0 fully saturated rings. The minimum absolute atomic E-state index is 0.236. The van der Waals surface area contributed by atoms with E-state index in [1.54, 1.807) is 31.6 Å². The van der Waals surface area contributed by atoms with Crippen LogP contribution in [0.25, 0.3) is 0 Å².